The van der Waals surface area contributed by atoms with Gasteiger partial charge in [0.25, 0.3) is 0 Å². The lowest BCUT2D eigenvalue weighted by atomic mass is 10.3. The van der Waals surface area contributed by atoms with Crippen LogP contribution < -0.4 is 10.1 Å². The number of ether oxygens (including phenoxy) is 1. The van der Waals surface area contributed by atoms with E-state index in [1.807, 2.05) is 38.4 Å². The van der Waals surface area contributed by atoms with E-state index in [1.54, 1.807) is 6.20 Å². The number of imidazole rings is 1. The molecule has 0 aromatic carbocycles. The summed E-state index contributed by atoms with van der Waals surface area (Å²) in [5.41, 5.74) is 1.12. The number of aromatic amines is 1. The van der Waals surface area contributed by atoms with Crippen molar-refractivity contribution in [2.75, 3.05) is 0 Å². The third kappa shape index (κ3) is 3.85. The standard InChI is InChI=1S/C13H18N4O/c1-10(2)18-13-4-3-11(8-17-13)7-14-9-12-15-5-6-16-12/h3-6,8,10,14H,7,9H2,1-2H3,(H,15,16). The van der Waals surface area contributed by atoms with Crippen LogP contribution in [0.4, 0.5) is 0 Å². The van der Waals surface area contributed by atoms with Crippen molar-refractivity contribution in [3.63, 3.8) is 0 Å². The second-order valence-corrected chi connectivity index (χ2v) is 4.31. The Morgan fingerprint density at radius 2 is 2.17 bits per heavy atom. The predicted molar refractivity (Wildman–Crippen MR) is 69.1 cm³/mol. The van der Waals surface area contributed by atoms with Gasteiger partial charge in [-0.1, -0.05) is 6.07 Å². The molecule has 0 amide bonds. The molecule has 5 nitrogen and oxygen atoms in total. The molecule has 0 fully saturated rings. The van der Waals surface area contributed by atoms with Gasteiger partial charge in [0.15, 0.2) is 0 Å². The number of nitrogens with zero attached hydrogens (tertiary/aromatic N) is 2. The Morgan fingerprint density at radius 3 is 2.78 bits per heavy atom. The number of rotatable bonds is 6. The van der Waals surface area contributed by atoms with Crippen LogP contribution in [0.2, 0.25) is 0 Å². The Labute approximate surface area is 107 Å². The minimum atomic E-state index is 0.153. The number of aromatic nitrogens is 3. The van der Waals surface area contributed by atoms with Crippen LogP contribution in [0.5, 0.6) is 5.88 Å². The Hall–Kier alpha value is -1.88. The van der Waals surface area contributed by atoms with Crippen LogP contribution in [0, 0.1) is 0 Å². The minimum Gasteiger partial charge on any atom is -0.475 e. The van der Waals surface area contributed by atoms with Crippen molar-refractivity contribution in [2.45, 2.75) is 33.0 Å². The molecular formula is C13H18N4O. The van der Waals surface area contributed by atoms with E-state index in [0.29, 0.717) is 5.88 Å². The highest BCUT2D eigenvalue weighted by Gasteiger charge is 2.00. The van der Waals surface area contributed by atoms with E-state index in [-0.39, 0.29) is 6.10 Å². The average molecular weight is 246 g/mol. The third-order valence-corrected chi connectivity index (χ3v) is 2.33. The van der Waals surface area contributed by atoms with Crippen LogP contribution in [0.15, 0.2) is 30.7 Å². The van der Waals surface area contributed by atoms with Gasteiger partial charge in [-0.25, -0.2) is 9.97 Å². The van der Waals surface area contributed by atoms with Crippen LogP contribution in [0.25, 0.3) is 0 Å². The maximum absolute atomic E-state index is 5.49. The van der Waals surface area contributed by atoms with Crippen LogP contribution >= 0.6 is 0 Å². The van der Waals surface area contributed by atoms with Gasteiger partial charge in [0.05, 0.1) is 12.6 Å². The molecule has 2 aromatic rings. The van der Waals surface area contributed by atoms with Gasteiger partial charge in [0, 0.05) is 31.2 Å². The zero-order valence-electron chi connectivity index (χ0n) is 10.7. The molecular weight excluding hydrogens is 228 g/mol. The van der Waals surface area contributed by atoms with Crippen molar-refractivity contribution in [1.29, 1.82) is 0 Å². The summed E-state index contributed by atoms with van der Waals surface area (Å²) in [6, 6.07) is 3.91. The molecule has 0 radical (unpaired) electrons. The van der Waals surface area contributed by atoms with Crippen molar-refractivity contribution < 1.29 is 4.74 Å². The van der Waals surface area contributed by atoms with Gasteiger partial charge in [-0.15, -0.1) is 0 Å². The van der Waals surface area contributed by atoms with E-state index in [4.69, 9.17) is 4.74 Å². The molecule has 0 aliphatic heterocycles. The fraction of sp³-hybridized carbons (Fsp3) is 0.385. The monoisotopic (exact) mass is 246 g/mol. The molecule has 2 heterocycles. The maximum atomic E-state index is 5.49. The second-order valence-electron chi connectivity index (χ2n) is 4.31. The molecule has 0 aliphatic rings. The molecule has 0 saturated carbocycles. The maximum Gasteiger partial charge on any atom is 0.213 e. The van der Waals surface area contributed by atoms with E-state index in [9.17, 15) is 0 Å². The number of pyridine rings is 1. The average Bonchev–Trinajstić information content (AvgIpc) is 2.84. The Morgan fingerprint density at radius 1 is 1.28 bits per heavy atom. The summed E-state index contributed by atoms with van der Waals surface area (Å²) < 4.78 is 5.49. The second kappa shape index (κ2) is 6.16. The summed E-state index contributed by atoms with van der Waals surface area (Å²) >= 11 is 0. The number of hydrogen-bond donors (Lipinski definition) is 2. The van der Waals surface area contributed by atoms with E-state index in [0.717, 1.165) is 24.5 Å². The van der Waals surface area contributed by atoms with E-state index in [1.165, 1.54) is 0 Å². The van der Waals surface area contributed by atoms with Crippen LogP contribution in [0.1, 0.15) is 25.2 Å². The van der Waals surface area contributed by atoms with Crippen molar-refractivity contribution in [3.8, 4) is 5.88 Å². The molecule has 2 rings (SSSR count). The number of H-pyrrole nitrogens is 1. The summed E-state index contributed by atoms with van der Waals surface area (Å²) in [5, 5.41) is 3.29. The van der Waals surface area contributed by atoms with E-state index >= 15 is 0 Å². The van der Waals surface area contributed by atoms with Gasteiger partial charge in [-0.05, 0) is 19.4 Å². The molecule has 0 spiro atoms. The Bertz CT molecular complexity index is 450. The molecule has 2 aromatic heterocycles. The number of hydrogen-bond acceptors (Lipinski definition) is 4. The van der Waals surface area contributed by atoms with Crippen molar-refractivity contribution in [1.82, 2.24) is 20.3 Å². The first-order valence-electron chi connectivity index (χ1n) is 6.04. The lowest BCUT2D eigenvalue weighted by Crippen LogP contribution is -2.14. The van der Waals surface area contributed by atoms with Crippen molar-refractivity contribution in [3.05, 3.63) is 42.1 Å². The fourth-order valence-electron chi connectivity index (χ4n) is 1.55. The fourth-order valence-corrected chi connectivity index (χ4v) is 1.55. The molecule has 0 aliphatic carbocycles. The molecule has 0 atom stereocenters. The lowest BCUT2D eigenvalue weighted by molar-refractivity contribution is 0.232. The van der Waals surface area contributed by atoms with Gasteiger partial charge in [-0.2, -0.15) is 0 Å². The van der Waals surface area contributed by atoms with Gasteiger partial charge < -0.3 is 15.0 Å². The van der Waals surface area contributed by atoms with Crippen LogP contribution in [0.3, 0.4) is 0 Å². The lowest BCUT2D eigenvalue weighted by Gasteiger charge is -2.09. The zero-order valence-corrected chi connectivity index (χ0v) is 10.7. The largest absolute Gasteiger partial charge is 0.475 e. The smallest absolute Gasteiger partial charge is 0.213 e. The summed E-state index contributed by atoms with van der Waals surface area (Å²) in [4.78, 5) is 11.4. The Kier molecular flexibility index (Phi) is 4.30. The van der Waals surface area contributed by atoms with Crippen LogP contribution in [-0.2, 0) is 13.1 Å². The first-order chi connectivity index (χ1) is 8.74. The summed E-state index contributed by atoms with van der Waals surface area (Å²) in [6.45, 7) is 5.45. The topological polar surface area (TPSA) is 62.8 Å². The van der Waals surface area contributed by atoms with Gasteiger partial charge >= 0.3 is 0 Å². The molecule has 0 unspecified atom stereocenters. The van der Waals surface area contributed by atoms with Crippen LogP contribution in [-0.4, -0.2) is 21.1 Å². The van der Waals surface area contributed by atoms with E-state index in [2.05, 4.69) is 20.3 Å². The molecule has 5 heteroatoms. The zero-order chi connectivity index (χ0) is 12.8. The van der Waals surface area contributed by atoms with E-state index < -0.39 is 0 Å². The molecule has 96 valence electrons. The normalized spacial score (nSPS) is 10.8. The van der Waals surface area contributed by atoms with Gasteiger partial charge in [-0.3, -0.25) is 0 Å². The van der Waals surface area contributed by atoms with Crippen molar-refractivity contribution >= 4 is 0 Å². The molecule has 2 N–H and O–H groups in total. The SMILES string of the molecule is CC(C)Oc1ccc(CNCc2ncc[nH]2)cn1. The quantitative estimate of drug-likeness (QED) is 0.817. The van der Waals surface area contributed by atoms with Crippen molar-refractivity contribution in [2.24, 2.45) is 0 Å². The van der Waals surface area contributed by atoms with Gasteiger partial charge in [0.1, 0.15) is 5.82 Å². The summed E-state index contributed by atoms with van der Waals surface area (Å²) in [7, 11) is 0. The predicted octanol–water partition coefficient (Wildman–Crippen LogP) is 1.88. The highest BCUT2D eigenvalue weighted by Crippen LogP contribution is 2.09. The molecule has 18 heavy (non-hydrogen) atoms. The molecule has 0 bridgehead atoms. The first-order valence-corrected chi connectivity index (χ1v) is 6.04. The number of nitrogens with one attached hydrogen (secondary N) is 2. The summed E-state index contributed by atoms with van der Waals surface area (Å²) in [6.07, 6.45) is 5.54. The van der Waals surface area contributed by atoms with Gasteiger partial charge in [0.2, 0.25) is 5.88 Å². The summed E-state index contributed by atoms with van der Waals surface area (Å²) in [5.74, 6) is 1.60. The highest BCUT2D eigenvalue weighted by molar-refractivity contribution is 5.17. The first kappa shape index (κ1) is 12.6. The Balaban J connectivity index is 1.79. The highest BCUT2D eigenvalue weighted by atomic mass is 16.5. The third-order valence-electron chi connectivity index (χ3n) is 2.33. The minimum absolute atomic E-state index is 0.153. The molecule has 0 saturated heterocycles.